The van der Waals surface area contributed by atoms with Crippen LogP contribution in [-0.2, 0) is 24.4 Å². The fourth-order valence-electron chi connectivity index (χ4n) is 2.50. The molecule has 0 atom stereocenters. The van der Waals surface area contributed by atoms with E-state index in [4.69, 9.17) is 0 Å². The van der Waals surface area contributed by atoms with Crippen molar-refractivity contribution in [2.45, 2.75) is 26.6 Å². The normalized spacial score (nSPS) is 10.6. The van der Waals surface area contributed by atoms with Crippen LogP contribution in [0.2, 0.25) is 0 Å². The predicted molar refractivity (Wildman–Crippen MR) is 99.0 cm³/mol. The predicted octanol–water partition coefficient (Wildman–Crippen LogP) is 2.31. The highest BCUT2D eigenvalue weighted by Crippen LogP contribution is 2.11. The van der Waals surface area contributed by atoms with Gasteiger partial charge in [0, 0.05) is 32.1 Å². The Bertz CT molecular complexity index is 724. The average Bonchev–Trinajstić information content (AvgIpc) is 2.59. The summed E-state index contributed by atoms with van der Waals surface area (Å²) in [5, 5.41) is 5.71. The number of carbonyl (C=O) groups excluding carboxylic acids is 2. The second kappa shape index (κ2) is 8.99. The zero-order chi connectivity index (χ0) is 18.2. The first-order chi connectivity index (χ1) is 12.0. The lowest BCUT2D eigenvalue weighted by atomic mass is 10.1. The van der Waals surface area contributed by atoms with Crippen LogP contribution in [-0.4, -0.2) is 30.8 Å². The van der Waals surface area contributed by atoms with Gasteiger partial charge in [0.2, 0.25) is 5.91 Å². The lowest BCUT2D eigenvalue weighted by Gasteiger charge is -2.14. The third-order valence-electron chi connectivity index (χ3n) is 3.80. The largest absolute Gasteiger partial charge is 0.352 e. The fraction of sp³-hybridized carbons (Fsp3) is 0.300. The molecule has 132 valence electrons. The fourth-order valence-corrected chi connectivity index (χ4v) is 2.50. The van der Waals surface area contributed by atoms with Crippen molar-refractivity contribution in [3.63, 3.8) is 0 Å². The summed E-state index contributed by atoms with van der Waals surface area (Å²) in [5.41, 5.74) is 3.89. The first-order valence-corrected chi connectivity index (χ1v) is 8.29. The maximum absolute atomic E-state index is 12.3. The Balaban J connectivity index is 1.95. The van der Waals surface area contributed by atoms with Gasteiger partial charge in [0.05, 0.1) is 0 Å². The number of carbonyl (C=O) groups is 2. The number of hydrogen-bond acceptors (Lipinski definition) is 3. The molecule has 2 N–H and O–H groups in total. The molecule has 0 unspecified atom stereocenters. The van der Waals surface area contributed by atoms with Gasteiger partial charge in [-0.15, -0.1) is 0 Å². The van der Waals surface area contributed by atoms with E-state index in [-0.39, 0.29) is 11.8 Å². The van der Waals surface area contributed by atoms with Gasteiger partial charge in [-0.05, 0) is 42.9 Å². The van der Waals surface area contributed by atoms with Gasteiger partial charge in [0.1, 0.15) is 0 Å². The molecule has 0 aliphatic rings. The third kappa shape index (κ3) is 6.04. The molecule has 5 heteroatoms. The van der Waals surface area contributed by atoms with Crippen LogP contribution in [0.3, 0.4) is 0 Å². The van der Waals surface area contributed by atoms with Crippen molar-refractivity contribution in [2.24, 2.45) is 0 Å². The molecule has 0 fully saturated rings. The number of nitrogens with zero attached hydrogens (tertiary/aromatic N) is 1. The van der Waals surface area contributed by atoms with Crippen molar-refractivity contribution in [1.82, 2.24) is 15.5 Å². The van der Waals surface area contributed by atoms with E-state index in [1.807, 2.05) is 44.4 Å². The monoisotopic (exact) mass is 339 g/mol. The Morgan fingerprint density at radius 3 is 2.12 bits per heavy atom. The van der Waals surface area contributed by atoms with E-state index in [1.54, 1.807) is 12.1 Å². The molecule has 0 saturated heterocycles. The van der Waals surface area contributed by atoms with E-state index < -0.39 is 0 Å². The molecule has 0 bridgehead atoms. The van der Waals surface area contributed by atoms with Crippen LogP contribution in [0.4, 0.5) is 0 Å². The summed E-state index contributed by atoms with van der Waals surface area (Å²) in [6, 6.07) is 15.4. The summed E-state index contributed by atoms with van der Waals surface area (Å²) in [4.78, 5) is 25.4. The minimum atomic E-state index is -0.106. The highest BCUT2D eigenvalue weighted by atomic mass is 16.2. The number of amides is 2. The quantitative estimate of drug-likeness (QED) is 0.814. The smallest absolute Gasteiger partial charge is 0.251 e. The van der Waals surface area contributed by atoms with E-state index in [1.165, 1.54) is 12.5 Å². The second-order valence-corrected chi connectivity index (χ2v) is 6.30. The summed E-state index contributed by atoms with van der Waals surface area (Å²) < 4.78 is 0. The second-order valence-electron chi connectivity index (χ2n) is 6.30. The van der Waals surface area contributed by atoms with Crippen LogP contribution in [0.5, 0.6) is 0 Å². The van der Waals surface area contributed by atoms with Crippen molar-refractivity contribution >= 4 is 11.8 Å². The van der Waals surface area contributed by atoms with Gasteiger partial charge in [-0.3, -0.25) is 9.59 Å². The summed E-state index contributed by atoms with van der Waals surface area (Å²) in [6.07, 6.45) is 0. The molecule has 0 heterocycles. The molecule has 2 rings (SSSR count). The van der Waals surface area contributed by atoms with Crippen LogP contribution in [0.15, 0.2) is 48.5 Å². The minimum absolute atomic E-state index is 0.0711. The van der Waals surface area contributed by atoms with Crippen molar-refractivity contribution in [3.8, 4) is 0 Å². The SMILES string of the molecule is CC(=O)NCc1ccc(C(=O)NCc2ccccc2CN(C)C)cc1. The average molecular weight is 339 g/mol. The van der Waals surface area contributed by atoms with E-state index in [9.17, 15) is 9.59 Å². The molecule has 0 aliphatic heterocycles. The maximum atomic E-state index is 12.3. The molecule has 0 spiro atoms. The molecule has 0 aromatic heterocycles. The van der Waals surface area contributed by atoms with Crippen molar-refractivity contribution in [1.29, 1.82) is 0 Å². The van der Waals surface area contributed by atoms with Gasteiger partial charge in [0.15, 0.2) is 0 Å². The van der Waals surface area contributed by atoms with Crippen LogP contribution in [0, 0.1) is 0 Å². The first-order valence-electron chi connectivity index (χ1n) is 8.29. The molecular formula is C20H25N3O2. The molecule has 2 aromatic carbocycles. The number of hydrogen-bond donors (Lipinski definition) is 2. The molecule has 0 aliphatic carbocycles. The third-order valence-corrected chi connectivity index (χ3v) is 3.80. The minimum Gasteiger partial charge on any atom is -0.352 e. The van der Waals surface area contributed by atoms with Crippen molar-refractivity contribution < 1.29 is 9.59 Å². The maximum Gasteiger partial charge on any atom is 0.251 e. The molecule has 0 saturated carbocycles. The van der Waals surface area contributed by atoms with Crippen LogP contribution < -0.4 is 10.6 Å². The molecule has 0 radical (unpaired) electrons. The van der Waals surface area contributed by atoms with Gasteiger partial charge < -0.3 is 15.5 Å². The number of nitrogens with one attached hydrogen (secondary N) is 2. The number of benzene rings is 2. The topological polar surface area (TPSA) is 61.4 Å². The summed E-state index contributed by atoms with van der Waals surface area (Å²) >= 11 is 0. The van der Waals surface area contributed by atoms with Gasteiger partial charge in [-0.2, -0.15) is 0 Å². The Hall–Kier alpha value is -2.66. The Kier molecular flexibility index (Phi) is 6.71. The zero-order valence-corrected chi connectivity index (χ0v) is 15.0. The standard InChI is InChI=1S/C20H25N3O2/c1-15(24)21-12-16-8-10-17(11-9-16)20(25)22-13-18-6-4-5-7-19(18)14-23(2)3/h4-11H,12-14H2,1-3H3,(H,21,24)(H,22,25). The highest BCUT2D eigenvalue weighted by molar-refractivity contribution is 5.94. The van der Waals surface area contributed by atoms with Gasteiger partial charge in [-0.25, -0.2) is 0 Å². The molecular weight excluding hydrogens is 314 g/mol. The van der Waals surface area contributed by atoms with Crippen molar-refractivity contribution in [2.75, 3.05) is 14.1 Å². The van der Waals surface area contributed by atoms with E-state index >= 15 is 0 Å². The van der Waals surface area contributed by atoms with E-state index in [0.29, 0.717) is 18.7 Å². The van der Waals surface area contributed by atoms with Gasteiger partial charge >= 0.3 is 0 Å². The van der Waals surface area contributed by atoms with Crippen molar-refractivity contribution in [3.05, 3.63) is 70.8 Å². The molecule has 2 amide bonds. The van der Waals surface area contributed by atoms with Gasteiger partial charge in [0.25, 0.3) is 5.91 Å². The Morgan fingerprint density at radius 1 is 0.880 bits per heavy atom. The van der Waals surface area contributed by atoms with Crippen LogP contribution in [0.1, 0.15) is 34.0 Å². The van der Waals surface area contributed by atoms with Crippen LogP contribution >= 0.6 is 0 Å². The lowest BCUT2D eigenvalue weighted by molar-refractivity contribution is -0.119. The lowest BCUT2D eigenvalue weighted by Crippen LogP contribution is -2.24. The zero-order valence-electron chi connectivity index (χ0n) is 15.0. The number of rotatable bonds is 7. The molecule has 5 nitrogen and oxygen atoms in total. The van der Waals surface area contributed by atoms with Gasteiger partial charge in [-0.1, -0.05) is 36.4 Å². The molecule has 2 aromatic rings. The Morgan fingerprint density at radius 2 is 1.52 bits per heavy atom. The van der Waals surface area contributed by atoms with Crippen LogP contribution in [0.25, 0.3) is 0 Å². The van der Waals surface area contributed by atoms with E-state index in [0.717, 1.165) is 17.7 Å². The summed E-state index contributed by atoms with van der Waals surface area (Å²) in [7, 11) is 4.05. The summed E-state index contributed by atoms with van der Waals surface area (Å²) in [5.74, 6) is -0.177. The Labute approximate surface area is 149 Å². The first kappa shape index (κ1) is 18.7. The molecule has 25 heavy (non-hydrogen) atoms. The van der Waals surface area contributed by atoms with E-state index in [2.05, 4.69) is 21.6 Å². The summed E-state index contributed by atoms with van der Waals surface area (Å²) in [6.45, 7) is 3.28. The highest BCUT2D eigenvalue weighted by Gasteiger charge is 2.08.